The summed E-state index contributed by atoms with van der Waals surface area (Å²) in [4.78, 5) is 20.4. The number of amides is 1. The Morgan fingerprint density at radius 3 is 2.68 bits per heavy atom. The van der Waals surface area contributed by atoms with Gasteiger partial charge in [0.2, 0.25) is 0 Å². The highest BCUT2D eigenvalue weighted by molar-refractivity contribution is 6.13. The third-order valence-corrected chi connectivity index (χ3v) is 6.79. The molecule has 5 aromatic rings. The summed E-state index contributed by atoms with van der Waals surface area (Å²) in [6.45, 7) is 7.14. The van der Waals surface area contributed by atoms with Crippen LogP contribution in [0, 0.1) is 12.7 Å². The van der Waals surface area contributed by atoms with E-state index in [9.17, 15) is 9.18 Å². The molecule has 1 N–H and O–H groups in total. The zero-order valence-corrected chi connectivity index (χ0v) is 20.4. The van der Waals surface area contributed by atoms with Gasteiger partial charge < -0.3 is 19.1 Å². The van der Waals surface area contributed by atoms with E-state index >= 15 is 0 Å². The molecule has 1 saturated heterocycles. The monoisotopic (exact) mass is 499 g/mol. The molecule has 0 saturated carbocycles. The Morgan fingerprint density at radius 2 is 1.86 bits per heavy atom. The van der Waals surface area contributed by atoms with E-state index in [1.165, 1.54) is 12.1 Å². The second-order valence-corrected chi connectivity index (χ2v) is 9.20. The van der Waals surface area contributed by atoms with Crippen molar-refractivity contribution in [2.45, 2.75) is 13.5 Å². The molecule has 3 aromatic heterocycles. The smallest absolute Gasteiger partial charge is 0.259 e. The Kier molecular flexibility index (Phi) is 6.15. The Labute approximate surface area is 212 Å². The summed E-state index contributed by atoms with van der Waals surface area (Å²) in [5, 5.41) is 8.61. The maximum atomic E-state index is 13.4. The molecule has 0 aliphatic carbocycles. The quantitative estimate of drug-likeness (QED) is 0.359. The highest BCUT2D eigenvalue weighted by atomic mass is 19.1. The van der Waals surface area contributed by atoms with Crippen LogP contribution in [0.5, 0.6) is 0 Å². The van der Waals surface area contributed by atoms with Crippen LogP contribution in [0.25, 0.3) is 33.3 Å². The summed E-state index contributed by atoms with van der Waals surface area (Å²) in [6, 6.07) is 15.6. The lowest BCUT2D eigenvalue weighted by Gasteiger charge is -2.26. The number of rotatable bonds is 6. The van der Waals surface area contributed by atoms with Gasteiger partial charge >= 0.3 is 0 Å². The topological polar surface area (TPSA) is 85.4 Å². The Hall–Kier alpha value is -4.08. The fourth-order valence-electron chi connectivity index (χ4n) is 4.79. The molecule has 6 rings (SSSR count). The number of pyridine rings is 1. The molecule has 37 heavy (non-hydrogen) atoms. The second kappa shape index (κ2) is 9.76. The number of halogens is 1. The van der Waals surface area contributed by atoms with E-state index in [-0.39, 0.29) is 17.4 Å². The van der Waals surface area contributed by atoms with Crippen LogP contribution >= 0.6 is 0 Å². The number of nitrogens with one attached hydrogen (secondary N) is 1. The zero-order valence-electron chi connectivity index (χ0n) is 20.4. The van der Waals surface area contributed by atoms with Gasteiger partial charge in [0.15, 0.2) is 0 Å². The number of benzene rings is 2. The largest absolute Gasteiger partial charge is 0.379 e. The lowest BCUT2D eigenvalue weighted by Crippen LogP contribution is -2.38. The molecule has 8 nitrogen and oxygen atoms in total. The van der Waals surface area contributed by atoms with Crippen molar-refractivity contribution in [2.24, 2.45) is 0 Å². The highest BCUT2D eigenvalue weighted by Gasteiger charge is 2.20. The molecular weight excluding hydrogens is 473 g/mol. The number of nitrogens with zero attached hydrogens (tertiary/aromatic N) is 4. The first-order valence-corrected chi connectivity index (χ1v) is 12.3. The second-order valence-electron chi connectivity index (χ2n) is 9.20. The number of carbonyl (C=O) groups excluding carboxylic acids is 1. The number of hydrogen-bond donors (Lipinski definition) is 1. The van der Waals surface area contributed by atoms with Crippen molar-refractivity contribution in [3.63, 3.8) is 0 Å². The minimum absolute atomic E-state index is 0.261. The minimum atomic E-state index is -0.344. The van der Waals surface area contributed by atoms with E-state index in [1.54, 1.807) is 25.1 Å². The van der Waals surface area contributed by atoms with E-state index in [0.717, 1.165) is 50.3 Å². The first-order valence-electron chi connectivity index (χ1n) is 12.3. The lowest BCUT2D eigenvalue weighted by molar-refractivity contribution is 0.0365. The molecule has 0 unspecified atom stereocenters. The molecule has 188 valence electrons. The van der Waals surface area contributed by atoms with Crippen LogP contribution in [0.2, 0.25) is 0 Å². The van der Waals surface area contributed by atoms with Gasteiger partial charge in [-0.1, -0.05) is 5.16 Å². The summed E-state index contributed by atoms with van der Waals surface area (Å²) >= 11 is 0. The van der Waals surface area contributed by atoms with Crippen molar-refractivity contribution in [2.75, 3.05) is 38.2 Å². The van der Waals surface area contributed by atoms with Crippen LogP contribution in [0.1, 0.15) is 16.1 Å². The molecule has 1 aliphatic rings. The molecular formula is C28H26FN5O3. The summed E-state index contributed by atoms with van der Waals surface area (Å²) in [6.07, 6.45) is 2.08. The predicted octanol–water partition coefficient (Wildman–Crippen LogP) is 4.88. The van der Waals surface area contributed by atoms with Gasteiger partial charge in [0.05, 0.1) is 35.6 Å². The molecule has 0 spiro atoms. The third-order valence-electron chi connectivity index (χ3n) is 6.79. The molecule has 2 aromatic carbocycles. The van der Waals surface area contributed by atoms with E-state index in [1.807, 2.05) is 18.2 Å². The van der Waals surface area contributed by atoms with E-state index in [2.05, 4.69) is 37.2 Å². The predicted molar refractivity (Wildman–Crippen MR) is 139 cm³/mol. The molecule has 0 radical (unpaired) electrons. The summed E-state index contributed by atoms with van der Waals surface area (Å²) in [5.41, 5.74) is 4.21. The molecule has 1 amide bonds. The normalized spacial score (nSPS) is 14.4. The number of aryl methyl sites for hydroxylation is 1. The molecule has 4 heterocycles. The molecule has 1 fully saturated rings. The molecule has 0 atom stereocenters. The van der Waals surface area contributed by atoms with Gasteiger partial charge in [-0.05, 0) is 61.5 Å². The fraction of sp³-hybridized carbons (Fsp3) is 0.250. The summed E-state index contributed by atoms with van der Waals surface area (Å²) in [7, 11) is 0. The number of anilines is 1. The maximum absolute atomic E-state index is 13.4. The number of ether oxygens (including phenoxy) is 1. The third kappa shape index (κ3) is 4.71. The standard InChI is InChI=1S/C28H26FN5O3/c1-18-26-23(17-24(31-28(26)37-32-18)19-2-4-21(29)5-3-19)27(35)30-22-6-7-25-20(16-22)8-9-34(25)11-10-33-12-14-36-15-13-33/h2-9,16-17H,10-15H2,1H3,(H,30,35). The van der Waals surface area contributed by atoms with Gasteiger partial charge in [-0.25, -0.2) is 9.37 Å². The molecule has 9 heteroatoms. The van der Waals surface area contributed by atoms with Crippen LogP contribution in [-0.2, 0) is 11.3 Å². The lowest BCUT2D eigenvalue weighted by atomic mass is 10.0. The van der Waals surface area contributed by atoms with Crippen molar-refractivity contribution >= 4 is 33.6 Å². The van der Waals surface area contributed by atoms with E-state index in [0.29, 0.717) is 33.6 Å². The highest BCUT2D eigenvalue weighted by Crippen LogP contribution is 2.28. The Bertz CT molecular complexity index is 1590. The number of morpholine rings is 1. The molecule has 1 aliphatic heterocycles. The first-order chi connectivity index (χ1) is 18.0. The van der Waals surface area contributed by atoms with Crippen LogP contribution < -0.4 is 5.32 Å². The van der Waals surface area contributed by atoms with Gasteiger partial charge in [-0.2, -0.15) is 0 Å². The van der Waals surface area contributed by atoms with Gasteiger partial charge in [0, 0.05) is 54.5 Å². The van der Waals surface area contributed by atoms with Crippen LogP contribution in [-0.4, -0.2) is 58.4 Å². The average molecular weight is 500 g/mol. The zero-order chi connectivity index (χ0) is 25.4. The number of carbonyl (C=O) groups is 1. The van der Waals surface area contributed by atoms with Crippen molar-refractivity contribution in [1.29, 1.82) is 0 Å². The van der Waals surface area contributed by atoms with Crippen LogP contribution in [0.4, 0.5) is 10.1 Å². The van der Waals surface area contributed by atoms with Gasteiger partial charge in [0.1, 0.15) is 5.82 Å². The number of fused-ring (bicyclic) bond motifs is 2. The fourth-order valence-corrected chi connectivity index (χ4v) is 4.79. The van der Waals surface area contributed by atoms with Crippen LogP contribution in [0.15, 0.2) is 65.3 Å². The Balaban J connectivity index is 1.25. The number of hydrogen-bond acceptors (Lipinski definition) is 6. The van der Waals surface area contributed by atoms with Crippen molar-refractivity contribution < 1.29 is 18.4 Å². The molecule has 0 bridgehead atoms. The van der Waals surface area contributed by atoms with E-state index < -0.39 is 0 Å². The van der Waals surface area contributed by atoms with Crippen molar-refractivity contribution in [3.05, 3.63) is 77.9 Å². The first kappa shape index (κ1) is 23.3. The summed E-state index contributed by atoms with van der Waals surface area (Å²) < 4.78 is 26.5. The number of aromatic nitrogens is 3. The van der Waals surface area contributed by atoms with Gasteiger partial charge in [-0.15, -0.1) is 0 Å². The van der Waals surface area contributed by atoms with Crippen molar-refractivity contribution in [3.8, 4) is 11.3 Å². The van der Waals surface area contributed by atoms with E-state index in [4.69, 9.17) is 9.26 Å². The SMILES string of the molecule is Cc1noc2nc(-c3ccc(F)cc3)cc(C(=O)Nc3ccc4c(ccn4CCN4CCOCC4)c3)c12. The Morgan fingerprint density at radius 1 is 1.05 bits per heavy atom. The maximum Gasteiger partial charge on any atom is 0.259 e. The van der Waals surface area contributed by atoms with Gasteiger partial charge in [-0.3, -0.25) is 9.69 Å². The van der Waals surface area contributed by atoms with Crippen LogP contribution in [0.3, 0.4) is 0 Å². The van der Waals surface area contributed by atoms with Crippen molar-refractivity contribution in [1.82, 2.24) is 19.6 Å². The summed E-state index contributed by atoms with van der Waals surface area (Å²) in [5.74, 6) is -0.642. The van der Waals surface area contributed by atoms with Gasteiger partial charge in [0.25, 0.3) is 11.6 Å². The average Bonchev–Trinajstić information content (AvgIpc) is 3.50. The minimum Gasteiger partial charge on any atom is -0.379 e.